The van der Waals surface area contributed by atoms with Crippen LogP contribution in [-0.4, -0.2) is 79.8 Å². The highest BCUT2D eigenvalue weighted by molar-refractivity contribution is 5.84. The lowest BCUT2D eigenvalue weighted by atomic mass is 10.0. The molecule has 0 saturated carbocycles. The summed E-state index contributed by atoms with van der Waals surface area (Å²) in [5, 5.41) is 10.7. The van der Waals surface area contributed by atoms with Crippen molar-refractivity contribution in [3.05, 3.63) is 42.2 Å². The molecule has 0 aliphatic carbocycles. The molecule has 0 N–H and O–H groups in total. The Labute approximate surface area is 172 Å². The molecule has 2 fully saturated rings. The van der Waals surface area contributed by atoms with E-state index in [0.717, 1.165) is 5.56 Å². The topological polar surface area (TPSA) is 120 Å². The molecule has 0 radical (unpaired) electrons. The van der Waals surface area contributed by atoms with E-state index in [9.17, 15) is 14.4 Å². The van der Waals surface area contributed by atoms with Crippen LogP contribution in [0.15, 0.2) is 36.7 Å². The summed E-state index contributed by atoms with van der Waals surface area (Å²) in [7, 11) is 0. The summed E-state index contributed by atoms with van der Waals surface area (Å²) in [5.41, 5.74) is 0.872. The lowest BCUT2D eigenvalue weighted by molar-refractivity contribution is -0.150. The fourth-order valence-corrected chi connectivity index (χ4v) is 3.73. The van der Waals surface area contributed by atoms with Crippen LogP contribution in [0.1, 0.15) is 18.4 Å². The third-order valence-corrected chi connectivity index (χ3v) is 5.31. The number of cyclic esters (lactones) is 1. The highest BCUT2D eigenvalue weighted by atomic mass is 16.6. The van der Waals surface area contributed by atoms with E-state index in [-0.39, 0.29) is 31.7 Å². The molecule has 1 aromatic heterocycles. The number of aromatic nitrogens is 4. The maximum atomic E-state index is 12.6. The van der Waals surface area contributed by atoms with Crippen LogP contribution in [-0.2, 0) is 32.2 Å². The van der Waals surface area contributed by atoms with Gasteiger partial charge < -0.3 is 14.4 Å². The molecule has 1 atom stereocenters. The Bertz CT molecular complexity index is 882. The molecule has 2 saturated heterocycles. The Morgan fingerprint density at radius 1 is 1.17 bits per heavy atom. The molecule has 0 unspecified atom stereocenters. The molecule has 4 rings (SSSR count). The van der Waals surface area contributed by atoms with Crippen LogP contribution >= 0.6 is 0 Å². The van der Waals surface area contributed by atoms with E-state index in [1.54, 1.807) is 4.90 Å². The summed E-state index contributed by atoms with van der Waals surface area (Å²) in [4.78, 5) is 40.4. The van der Waals surface area contributed by atoms with Gasteiger partial charge in [-0.25, -0.2) is 14.3 Å². The predicted molar refractivity (Wildman–Crippen MR) is 101 cm³/mol. The summed E-state index contributed by atoms with van der Waals surface area (Å²) in [6.45, 7) is 1.13. The standard InChI is InChI=1S/C19H22N6O5/c26-17(10-24-13-20-21-22-24)23-8-6-15(7-9-23)25-16(12-30-19(25)28)18(27)29-11-14-4-2-1-3-5-14/h1-5,13,15-16H,6-12H2/t16-/m0/s1. The van der Waals surface area contributed by atoms with E-state index in [1.165, 1.54) is 15.9 Å². The van der Waals surface area contributed by atoms with Crippen LogP contribution in [0, 0.1) is 0 Å². The number of carbonyl (C=O) groups is 3. The normalized spacial score (nSPS) is 19.6. The zero-order valence-corrected chi connectivity index (χ0v) is 16.3. The van der Waals surface area contributed by atoms with Crippen molar-refractivity contribution in [1.82, 2.24) is 30.0 Å². The number of tetrazole rings is 1. The second-order valence-electron chi connectivity index (χ2n) is 7.21. The van der Waals surface area contributed by atoms with E-state index >= 15 is 0 Å². The smallest absolute Gasteiger partial charge is 0.410 e. The second-order valence-corrected chi connectivity index (χ2v) is 7.21. The first kappa shape index (κ1) is 19.8. The highest BCUT2D eigenvalue weighted by Gasteiger charge is 2.44. The summed E-state index contributed by atoms with van der Waals surface area (Å²) < 4.78 is 11.9. The average Bonchev–Trinajstić information content (AvgIpc) is 3.42. The molecule has 3 heterocycles. The Kier molecular flexibility index (Phi) is 5.87. The monoisotopic (exact) mass is 414 g/mol. The third-order valence-electron chi connectivity index (χ3n) is 5.31. The predicted octanol–water partition coefficient (Wildman–Crippen LogP) is 0.228. The number of likely N-dealkylation sites (tertiary alicyclic amines) is 1. The van der Waals surface area contributed by atoms with Crippen molar-refractivity contribution >= 4 is 18.0 Å². The van der Waals surface area contributed by atoms with E-state index < -0.39 is 18.1 Å². The number of rotatable bonds is 6. The zero-order chi connectivity index (χ0) is 20.9. The van der Waals surface area contributed by atoms with Gasteiger partial charge in [0.1, 0.15) is 26.1 Å². The van der Waals surface area contributed by atoms with Crippen LogP contribution in [0.25, 0.3) is 0 Å². The molecule has 2 aromatic rings. The number of piperidine rings is 1. The maximum Gasteiger partial charge on any atom is 0.410 e. The van der Waals surface area contributed by atoms with Crippen LogP contribution in [0.3, 0.4) is 0 Å². The number of hydrogen-bond acceptors (Lipinski definition) is 8. The van der Waals surface area contributed by atoms with Gasteiger partial charge in [0.25, 0.3) is 0 Å². The number of hydrogen-bond donors (Lipinski definition) is 0. The van der Waals surface area contributed by atoms with Crippen LogP contribution in [0.5, 0.6) is 0 Å². The van der Waals surface area contributed by atoms with Crippen molar-refractivity contribution in [1.29, 1.82) is 0 Å². The van der Waals surface area contributed by atoms with E-state index in [4.69, 9.17) is 9.47 Å². The molecule has 1 aromatic carbocycles. The van der Waals surface area contributed by atoms with E-state index in [2.05, 4.69) is 15.5 Å². The number of carbonyl (C=O) groups excluding carboxylic acids is 3. The molecule has 2 amide bonds. The number of benzene rings is 1. The highest BCUT2D eigenvalue weighted by Crippen LogP contribution is 2.25. The molecule has 0 bridgehead atoms. The Hall–Kier alpha value is -3.50. The summed E-state index contributed by atoms with van der Waals surface area (Å²) in [6.07, 6.45) is 1.98. The minimum Gasteiger partial charge on any atom is -0.459 e. The largest absolute Gasteiger partial charge is 0.459 e. The molecule has 11 heteroatoms. The Balaban J connectivity index is 1.31. The zero-order valence-electron chi connectivity index (χ0n) is 16.3. The summed E-state index contributed by atoms with van der Waals surface area (Å²) in [5.74, 6) is -0.578. The molecule has 30 heavy (non-hydrogen) atoms. The molecule has 2 aliphatic rings. The summed E-state index contributed by atoms with van der Waals surface area (Å²) in [6, 6.07) is 8.39. The van der Waals surface area contributed by atoms with Crippen LogP contribution in [0.4, 0.5) is 4.79 Å². The Morgan fingerprint density at radius 2 is 1.93 bits per heavy atom. The minimum atomic E-state index is -0.769. The third kappa shape index (κ3) is 4.39. The molecule has 158 valence electrons. The van der Waals surface area contributed by atoms with Crippen molar-refractivity contribution in [2.24, 2.45) is 0 Å². The number of ether oxygens (including phenoxy) is 2. The van der Waals surface area contributed by atoms with Crippen molar-refractivity contribution in [3.63, 3.8) is 0 Å². The van der Waals surface area contributed by atoms with Gasteiger partial charge in [-0.3, -0.25) is 9.69 Å². The molecule has 11 nitrogen and oxygen atoms in total. The van der Waals surface area contributed by atoms with Gasteiger partial charge in [0.2, 0.25) is 5.91 Å². The van der Waals surface area contributed by atoms with Crippen molar-refractivity contribution in [2.75, 3.05) is 19.7 Å². The molecule has 0 spiro atoms. The average molecular weight is 414 g/mol. The lowest BCUT2D eigenvalue weighted by Crippen LogP contribution is -2.52. The van der Waals surface area contributed by atoms with Crippen LogP contribution in [0.2, 0.25) is 0 Å². The SMILES string of the molecule is O=C(OCc1ccccc1)[C@@H]1COC(=O)N1C1CCN(C(=O)Cn2cnnn2)CC1. The second kappa shape index (κ2) is 8.89. The van der Waals surface area contributed by atoms with Gasteiger partial charge >= 0.3 is 12.1 Å². The van der Waals surface area contributed by atoms with Crippen molar-refractivity contribution < 1.29 is 23.9 Å². The number of esters is 1. The van der Waals surface area contributed by atoms with E-state index in [1.807, 2.05) is 30.3 Å². The fraction of sp³-hybridized carbons (Fsp3) is 0.474. The number of nitrogens with zero attached hydrogens (tertiary/aromatic N) is 6. The Morgan fingerprint density at radius 3 is 2.63 bits per heavy atom. The van der Waals surface area contributed by atoms with Gasteiger partial charge in [-0.15, -0.1) is 5.10 Å². The van der Waals surface area contributed by atoms with Gasteiger partial charge in [-0.2, -0.15) is 0 Å². The van der Waals surface area contributed by atoms with Crippen LogP contribution < -0.4 is 0 Å². The number of amides is 2. The van der Waals surface area contributed by atoms with Gasteiger partial charge in [-0.1, -0.05) is 30.3 Å². The first-order valence-electron chi connectivity index (χ1n) is 9.76. The minimum absolute atomic E-state index is 0.0229. The summed E-state index contributed by atoms with van der Waals surface area (Å²) >= 11 is 0. The van der Waals surface area contributed by atoms with E-state index in [0.29, 0.717) is 25.9 Å². The molecular formula is C19H22N6O5. The quantitative estimate of drug-likeness (QED) is 0.616. The van der Waals surface area contributed by atoms with Gasteiger partial charge in [0.15, 0.2) is 6.04 Å². The van der Waals surface area contributed by atoms with Crippen molar-refractivity contribution in [3.8, 4) is 0 Å². The molecular weight excluding hydrogens is 392 g/mol. The van der Waals surface area contributed by atoms with Gasteiger partial charge in [-0.05, 0) is 28.8 Å². The molecule has 2 aliphatic heterocycles. The van der Waals surface area contributed by atoms with Crippen molar-refractivity contribution in [2.45, 2.75) is 38.1 Å². The lowest BCUT2D eigenvalue weighted by Gasteiger charge is -2.37. The fourth-order valence-electron chi connectivity index (χ4n) is 3.73. The van der Waals surface area contributed by atoms with Gasteiger partial charge in [0.05, 0.1) is 0 Å². The van der Waals surface area contributed by atoms with Gasteiger partial charge in [0, 0.05) is 19.1 Å². The maximum absolute atomic E-state index is 12.6. The first-order valence-corrected chi connectivity index (χ1v) is 9.76. The first-order chi connectivity index (χ1) is 14.6.